The highest BCUT2D eigenvalue weighted by molar-refractivity contribution is 6.30. The second kappa shape index (κ2) is 7.47. The molecule has 0 radical (unpaired) electrons. The molecule has 0 heterocycles. The number of hydrogen-bond acceptors (Lipinski definition) is 1. The van der Waals surface area contributed by atoms with Crippen molar-refractivity contribution in [3.63, 3.8) is 0 Å². The number of nitrogens with one attached hydrogen (secondary N) is 1. The van der Waals surface area contributed by atoms with Crippen LogP contribution in [0.1, 0.15) is 42.5 Å². The Hall–Kier alpha value is -1.31. The molecule has 2 rings (SSSR count). The molecule has 1 nitrogen and oxygen atoms in total. The van der Waals surface area contributed by atoms with Crippen LogP contribution in [0.2, 0.25) is 5.02 Å². The van der Waals surface area contributed by atoms with E-state index in [2.05, 4.69) is 55.6 Å². The minimum absolute atomic E-state index is 0.413. The van der Waals surface area contributed by atoms with E-state index in [1.54, 1.807) is 0 Å². The van der Waals surface area contributed by atoms with Crippen molar-refractivity contribution < 1.29 is 0 Å². The van der Waals surface area contributed by atoms with Crippen LogP contribution >= 0.6 is 11.6 Å². The third kappa shape index (κ3) is 4.09. The van der Waals surface area contributed by atoms with E-state index in [9.17, 15) is 0 Å². The quantitative estimate of drug-likeness (QED) is 0.762. The van der Waals surface area contributed by atoms with Gasteiger partial charge < -0.3 is 5.32 Å². The minimum Gasteiger partial charge on any atom is -0.306 e. The summed E-state index contributed by atoms with van der Waals surface area (Å²) in [6.07, 6.45) is 2.32. The van der Waals surface area contributed by atoms with Gasteiger partial charge in [0.2, 0.25) is 0 Å². The molecule has 0 saturated heterocycles. The second-order valence-corrected chi connectivity index (χ2v) is 5.64. The summed E-state index contributed by atoms with van der Waals surface area (Å²) in [5.74, 6) is 0. The molecule has 2 heteroatoms. The molecule has 0 aromatic heterocycles. The molecule has 1 unspecified atom stereocenters. The maximum absolute atomic E-state index is 6.00. The SMILES string of the molecule is CCCC(NCc1ccc(Cl)cc1C)c1ccccc1. The molecule has 20 heavy (non-hydrogen) atoms. The Kier molecular flexibility index (Phi) is 5.63. The average molecular weight is 288 g/mol. The predicted molar refractivity (Wildman–Crippen MR) is 87.1 cm³/mol. The summed E-state index contributed by atoms with van der Waals surface area (Å²) < 4.78 is 0. The molecule has 0 fully saturated rings. The van der Waals surface area contributed by atoms with E-state index < -0.39 is 0 Å². The molecule has 1 N–H and O–H groups in total. The van der Waals surface area contributed by atoms with E-state index in [0.717, 1.165) is 18.0 Å². The first kappa shape index (κ1) is 15.1. The fourth-order valence-corrected chi connectivity index (χ4v) is 2.68. The largest absolute Gasteiger partial charge is 0.306 e. The summed E-state index contributed by atoms with van der Waals surface area (Å²) in [4.78, 5) is 0. The van der Waals surface area contributed by atoms with Gasteiger partial charge in [-0.05, 0) is 42.2 Å². The van der Waals surface area contributed by atoms with Gasteiger partial charge in [0.1, 0.15) is 0 Å². The lowest BCUT2D eigenvalue weighted by molar-refractivity contribution is 0.493. The van der Waals surface area contributed by atoms with E-state index in [4.69, 9.17) is 11.6 Å². The first-order valence-electron chi connectivity index (χ1n) is 7.24. The fourth-order valence-electron chi connectivity index (χ4n) is 2.45. The molecule has 2 aromatic rings. The van der Waals surface area contributed by atoms with Gasteiger partial charge in [0.05, 0.1) is 0 Å². The smallest absolute Gasteiger partial charge is 0.0408 e. The summed E-state index contributed by atoms with van der Waals surface area (Å²) in [7, 11) is 0. The summed E-state index contributed by atoms with van der Waals surface area (Å²) in [6.45, 7) is 5.22. The van der Waals surface area contributed by atoms with Crippen LogP contribution in [0, 0.1) is 6.92 Å². The van der Waals surface area contributed by atoms with Gasteiger partial charge in [-0.15, -0.1) is 0 Å². The van der Waals surface area contributed by atoms with Gasteiger partial charge in [-0.3, -0.25) is 0 Å². The zero-order chi connectivity index (χ0) is 14.4. The topological polar surface area (TPSA) is 12.0 Å². The number of rotatable bonds is 6. The van der Waals surface area contributed by atoms with Gasteiger partial charge in [0.15, 0.2) is 0 Å². The van der Waals surface area contributed by atoms with Crippen LogP contribution in [0.25, 0.3) is 0 Å². The highest BCUT2D eigenvalue weighted by Gasteiger charge is 2.10. The molecule has 1 atom stereocenters. The first-order valence-corrected chi connectivity index (χ1v) is 7.62. The Morgan fingerprint density at radius 3 is 2.50 bits per heavy atom. The molecule has 0 saturated carbocycles. The van der Waals surface area contributed by atoms with Gasteiger partial charge in [0, 0.05) is 17.6 Å². The van der Waals surface area contributed by atoms with Crippen molar-refractivity contribution in [1.29, 1.82) is 0 Å². The molecule has 106 valence electrons. The number of aryl methyl sites for hydroxylation is 1. The molecule has 0 aliphatic heterocycles. The van der Waals surface area contributed by atoms with E-state index in [0.29, 0.717) is 6.04 Å². The van der Waals surface area contributed by atoms with Crippen molar-refractivity contribution in [2.75, 3.05) is 0 Å². The standard InChI is InChI=1S/C18H22ClN/c1-3-7-18(15-8-5-4-6-9-15)20-13-16-10-11-17(19)12-14(16)2/h4-6,8-12,18,20H,3,7,13H2,1-2H3. The van der Waals surface area contributed by atoms with Crippen molar-refractivity contribution in [2.24, 2.45) is 0 Å². The molecular weight excluding hydrogens is 266 g/mol. The van der Waals surface area contributed by atoms with Crippen molar-refractivity contribution in [3.05, 3.63) is 70.2 Å². The highest BCUT2D eigenvalue weighted by atomic mass is 35.5. The minimum atomic E-state index is 0.413. The van der Waals surface area contributed by atoms with E-state index in [1.165, 1.54) is 23.1 Å². The van der Waals surface area contributed by atoms with Gasteiger partial charge in [0.25, 0.3) is 0 Å². The van der Waals surface area contributed by atoms with Crippen molar-refractivity contribution in [3.8, 4) is 0 Å². The first-order chi connectivity index (χ1) is 9.70. The molecule has 0 aliphatic rings. The Morgan fingerprint density at radius 1 is 1.10 bits per heavy atom. The molecule has 0 aliphatic carbocycles. The van der Waals surface area contributed by atoms with Crippen molar-refractivity contribution in [2.45, 2.75) is 39.3 Å². The van der Waals surface area contributed by atoms with E-state index >= 15 is 0 Å². The Balaban J connectivity index is 2.06. The Morgan fingerprint density at radius 2 is 1.85 bits per heavy atom. The van der Waals surface area contributed by atoms with Crippen LogP contribution < -0.4 is 5.32 Å². The second-order valence-electron chi connectivity index (χ2n) is 5.20. The summed E-state index contributed by atoms with van der Waals surface area (Å²) >= 11 is 6.00. The van der Waals surface area contributed by atoms with Crippen LogP contribution in [0.15, 0.2) is 48.5 Å². The van der Waals surface area contributed by atoms with E-state index in [1.807, 2.05) is 12.1 Å². The molecule has 0 spiro atoms. The van der Waals surface area contributed by atoms with Crippen LogP contribution in [0.3, 0.4) is 0 Å². The van der Waals surface area contributed by atoms with Gasteiger partial charge in [-0.2, -0.15) is 0 Å². The van der Waals surface area contributed by atoms with E-state index in [-0.39, 0.29) is 0 Å². The van der Waals surface area contributed by atoms with Gasteiger partial charge in [-0.1, -0.05) is 61.3 Å². The maximum Gasteiger partial charge on any atom is 0.0408 e. The van der Waals surface area contributed by atoms with Crippen LogP contribution in [0.5, 0.6) is 0 Å². The Bertz CT molecular complexity index is 536. The Labute approximate surface area is 127 Å². The summed E-state index contributed by atoms with van der Waals surface area (Å²) in [5, 5.41) is 4.48. The molecule has 0 bridgehead atoms. The fraction of sp³-hybridized carbons (Fsp3) is 0.333. The monoisotopic (exact) mass is 287 g/mol. The third-order valence-electron chi connectivity index (χ3n) is 3.62. The van der Waals surface area contributed by atoms with Crippen LogP contribution in [0.4, 0.5) is 0 Å². The molecule has 0 amide bonds. The predicted octanol–water partition coefficient (Wildman–Crippen LogP) is 5.28. The zero-order valence-corrected chi connectivity index (χ0v) is 13.0. The summed E-state index contributed by atoms with van der Waals surface area (Å²) in [6, 6.07) is 17.2. The van der Waals surface area contributed by atoms with Gasteiger partial charge in [-0.25, -0.2) is 0 Å². The average Bonchev–Trinajstić information content (AvgIpc) is 2.46. The van der Waals surface area contributed by atoms with Crippen molar-refractivity contribution >= 4 is 11.6 Å². The number of hydrogen-bond donors (Lipinski definition) is 1. The number of benzene rings is 2. The third-order valence-corrected chi connectivity index (χ3v) is 3.86. The lowest BCUT2D eigenvalue weighted by Gasteiger charge is -2.19. The maximum atomic E-state index is 6.00. The normalized spacial score (nSPS) is 12.3. The lowest BCUT2D eigenvalue weighted by Crippen LogP contribution is -2.21. The highest BCUT2D eigenvalue weighted by Crippen LogP contribution is 2.20. The lowest BCUT2D eigenvalue weighted by atomic mass is 10.0. The molecular formula is C18H22ClN. The van der Waals surface area contributed by atoms with Crippen LogP contribution in [-0.4, -0.2) is 0 Å². The van der Waals surface area contributed by atoms with Crippen LogP contribution in [-0.2, 0) is 6.54 Å². The summed E-state index contributed by atoms with van der Waals surface area (Å²) in [5.41, 5.74) is 3.92. The number of halogens is 1. The zero-order valence-electron chi connectivity index (χ0n) is 12.2. The van der Waals surface area contributed by atoms with Crippen molar-refractivity contribution in [1.82, 2.24) is 5.32 Å². The molecule has 2 aromatic carbocycles. The van der Waals surface area contributed by atoms with Gasteiger partial charge >= 0.3 is 0 Å².